The van der Waals surface area contributed by atoms with Gasteiger partial charge in [0.25, 0.3) is 0 Å². The smallest absolute Gasteiger partial charge is 0.0754 e. The number of benzene rings is 1. The molecular weight excluding hydrogens is 226 g/mol. The van der Waals surface area contributed by atoms with Crippen LogP contribution in [0.2, 0.25) is 0 Å². The molecule has 0 saturated carbocycles. The lowest BCUT2D eigenvalue weighted by Gasteiger charge is -2.20. The van der Waals surface area contributed by atoms with E-state index >= 15 is 0 Å². The Kier molecular flexibility index (Phi) is 4.12. The van der Waals surface area contributed by atoms with Crippen LogP contribution in [-0.4, -0.2) is 22.5 Å². The van der Waals surface area contributed by atoms with Gasteiger partial charge in [-0.3, -0.25) is 0 Å². The van der Waals surface area contributed by atoms with Crippen LogP contribution in [0.1, 0.15) is 25.6 Å². The minimum Gasteiger partial charge on any atom is -0.377 e. The molecule has 0 aliphatic heterocycles. The summed E-state index contributed by atoms with van der Waals surface area (Å²) < 4.78 is 7.41. The second-order valence-corrected chi connectivity index (χ2v) is 4.19. The number of hydrogen-bond acceptors (Lipinski definition) is 3. The molecule has 2 N–H and O–H groups in total. The third-order valence-electron chi connectivity index (χ3n) is 2.95. The molecule has 0 aliphatic carbocycles. The molecule has 0 amide bonds. The Morgan fingerprint density at radius 2 is 2.00 bits per heavy atom. The molecule has 18 heavy (non-hydrogen) atoms. The van der Waals surface area contributed by atoms with Crippen LogP contribution in [0, 0.1) is 0 Å². The van der Waals surface area contributed by atoms with Crippen LogP contribution in [0.5, 0.6) is 0 Å². The summed E-state index contributed by atoms with van der Waals surface area (Å²) in [6.45, 7) is 4.61. The van der Waals surface area contributed by atoms with E-state index in [0.29, 0.717) is 6.61 Å². The van der Waals surface area contributed by atoms with E-state index in [9.17, 15) is 0 Å². The van der Waals surface area contributed by atoms with Crippen LogP contribution in [-0.2, 0) is 4.74 Å². The number of nitrogens with zero attached hydrogens (tertiary/aromatic N) is 2. The second kappa shape index (κ2) is 5.80. The van der Waals surface area contributed by atoms with E-state index in [-0.39, 0.29) is 12.1 Å². The van der Waals surface area contributed by atoms with Crippen molar-refractivity contribution < 1.29 is 4.74 Å². The van der Waals surface area contributed by atoms with Gasteiger partial charge in [-0.25, -0.2) is 4.68 Å². The van der Waals surface area contributed by atoms with Gasteiger partial charge in [0.05, 0.1) is 23.5 Å². The fraction of sp³-hybridized carbons (Fsp3) is 0.357. The highest BCUT2D eigenvalue weighted by atomic mass is 16.5. The predicted octanol–water partition coefficient (Wildman–Crippen LogP) is 2.30. The van der Waals surface area contributed by atoms with E-state index in [1.165, 1.54) is 0 Å². The van der Waals surface area contributed by atoms with Crippen LogP contribution in [0.15, 0.2) is 42.6 Å². The highest BCUT2D eigenvalue weighted by Gasteiger charge is 2.19. The average Bonchev–Trinajstić information content (AvgIpc) is 2.88. The van der Waals surface area contributed by atoms with Crippen LogP contribution in [0.25, 0.3) is 5.69 Å². The normalized spacial score (nSPS) is 14.4. The van der Waals surface area contributed by atoms with Gasteiger partial charge >= 0.3 is 0 Å². The number of para-hydroxylation sites is 1. The van der Waals surface area contributed by atoms with Crippen molar-refractivity contribution in [3.8, 4) is 5.69 Å². The fourth-order valence-corrected chi connectivity index (χ4v) is 1.96. The van der Waals surface area contributed by atoms with E-state index in [4.69, 9.17) is 10.5 Å². The number of ether oxygens (including phenoxy) is 1. The van der Waals surface area contributed by atoms with Crippen LogP contribution >= 0.6 is 0 Å². The van der Waals surface area contributed by atoms with Gasteiger partial charge in [0, 0.05) is 12.8 Å². The second-order valence-electron chi connectivity index (χ2n) is 4.19. The summed E-state index contributed by atoms with van der Waals surface area (Å²) in [7, 11) is 0. The molecule has 1 heterocycles. The number of nitrogens with two attached hydrogens (primary N) is 1. The zero-order valence-electron chi connectivity index (χ0n) is 10.8. The zero-order chi connectivity index (χ0) is 13.0. The molecule has 4 nitrogen and oxygen atoms in total. The molecule has 0 saturated heterocycles. The molecule has 0 fully saturated rings. The van der Waals surface area contributed by atoms with Crippen molar-refractivity contribution in [2.75, 3.05) is 6.61 Å². The maximum atomic E-state index is 6.22. The highest BCUT2D eigenvalue weighted by Crippen LogP contribution is 2.19. The molecule has 1 aromatic heterocycles. The SMILES string of the molecule is CCOC(C)C(N)c1ccnn1-c1ccccc1. The van der Waals surface area contributed by atoms with Crippen molar-refractivity contribution >= 4 is 0 Å². The Balaban J connectivity index is 2.28. The highest BCUT2D eigenvalue weighted by molar-refractivity contribution is 5.33. The summed E-state index contributed by atoms with van der Waals surface area (Å²) in [5.41, 5.74) is 8.19. The summed E-state index contributed by atoms with van der Waals surface area (Å²) in [6, 6.07) is 11.7. The van der Waals surface area contributed by atoms with Crippen molar-refractivity contribution in [1.29, 1.82) is 0 Å². The molecular formula is C14H19N3O. The summed E-state index contributed by atoms with van der Waals surface area (Å²) in [4.78, 5) is 0. The van der Waals surface area contributed by atoms with E-state index in [0.717, 1.165) is 11.4 Å². The fourth-order valence-electron chi connectivity index (χ4n) is 1.96. The number of aromatic nitrogens is 2. The first kappa shape index (κ1) is 12.8. The lowest BCUT2D eigenvalue weighted by atomic mass is 10.1. The third kappa shape index (κ3) is 2.60. The first-order valence-corrected chi connectivity index (χ1v) is 6.20. The summed E-state index contributed by atoms with van der Waals surface area (Å²) in [6.07, 6.45) is 1.73. The Hall–Kier alpha value is -1.65. The van der Waals surface area contributed by atoms with E-state index < -0.39 is 0 Å². The van der Waals surface area contributed by atoms with E-state index in [2.05, 4.69) is 5.10 Å². The summed E-state index contributed by atoms with van der Waals surface area (Å²) in [5.74, 6) is 0. The maximum Gasteiger partial charge on any atom is 0.0754 e. The van der Waals surface area contributed by atoms with Gasteiger partial charge in [0.2, 0.25) is 0 Å². The minimum absolute atomic E-state index is 0.0332. The molecule has 2 atom stereocenters. The standard InChI is InChI=1S/C14H19N3O/c1-3-18-11(2)14(15)13-9-10-16-17(13)12-7-5-4-6-8-12/h4-11,14H,3,15H2,1-2H3. The Morgan fingerprint density at radius 1 is 1.28 bits per heavy atom. The zero-order valence-corrected chi connectivity index (χ0v) is 10.8. The summed E-state index contributed by atoms with van der Waals surface area (Å²) >= 11 is 0. The molecule has 1 aromatic carbocycles. The average molecular weight is 245 g/mol. The van der Waals surface area contributed by atoms with Gasteiger partial charge in [0.15, 0.2) is 0 Å². The number of rotatable bonds is 5. The van der Waals surface area contributed by atoms with Gasteiger partial charge in [-0.2, -0.15) is 5.10 Å². The van der Waals surface area contributed by atoms with Crippen molar-refractivity contribution in [2.45, 2.75) is 26.0 Å². The van der Waals surface area contributed by atoms with Crippen molar-refractivity contribution in [2.24, 2.45) is 5.73 Å². The Bertz CT molecular complexity index is 481. The molecule has 0 bridgehead atoms. The quantitative estimate of drug-likeness (QED) is 0.879. The summed E-state index contributed by atoms with van der Waals surface area (Å²) in [5, 5.41) is 4.33. The maximum absolute atomic E-state index is 6.22. The predicted molar refractivity (Wildman–Crippen MR) is 71.6 cm³/mol. The molecule has 0 spiro atoms. The van der Waals surface area contributed by atoms with Crippen molar-refractivity contribution in [3.05, 3.63) is 48.3 Å². The molecule has 0 radical (unpaired) electrons. The number of hydrogen-bond donors (Lipinski definition) is 1. The van der Waals surface area contributed by atoms with E-state index in [1.807, 2.05) is 54.9 Å². The third-order valence-corrected chi connectivity index (χ3v) is 2.95. The Labute approximate surface area is 107 Å². The molecule has 2 rings (SSSR count). The Morgan fingerprint density at radius 3 is 2.67 bits per heavy atom. The van der Waals surface area contributed by atoms with Gasteiger partial charge < -0.3 is 10.5 Å². The van der Waals surface area contributed by atoms with E-state index in [1.54, 1.807) is 6.20 Å². The molecule has 2 aromatic rings. The van der Waals surface area contributed by atoms with Gasteiger partial charge in [-0.15, -0.1) is 0 Å². The lowest BCUT2D eigenvalue weighted by molar-refractivity contribution is 0.0559. The van der Waals surface area contributed by atoms with Gasteiger partial charge in [0.1, 0.15) is 0 Å². The molecule has 4 heteroatoms. The van der Waals surface area contributed by atoms with Crippen LogP contribution < -0.4 is 5.73 Å². The molecule has 2 unspecified atom stereocenters. The molecule has 96 valence electrons. The largest absolute Gasteiger partial charge is 0.377 e. The van der Waals surface area contributed by atoms with Gasteiger partial charge in [-0.05, 0) is 32.0 Å². The first-order valence-electron chi connectivity index (χ1n) is 6.20. The monoisotopic (exact) mass is 245 g/mol. The van der Waals surface area contributed by atoms with Crippen LogP contribution in [0.4, 0.5) is 0 Å². The van der Waals surface area contributed by atoms with Crippen molar-refractivity contribution in [1.82, 2.24) is 9.78 Å². The van der Waals surface area contributed by atoms with Crippen LogP contribution in [0.3, 0.4) is 0 Å². The lowest BCUT2D eigenvalue weighted by Crippen LogP contribution is -2.28. The molecule has 0 aliphatic rings. The topological polar surface area (TPSA) is 53.1 Å². The van der Waals surface area contributed by atoms with Crippen molar-refractivity contribution in [3.63, 3.8) is 0 Å². The minimum atomic E-state index is -0.187. The first-order chi connectivity index (χ1) is 8.74. The van der Waals surface area contributed by atoms with Gasteiger partial charge in [-0.1, -0.05) is 18.2 Å².